The third-order valence-corrected chi connectivity index (χ3v) is 2.78. The van der Waals surface area contributed by atoms with E-state index in [2.05, 4.69) is 0 Å². The lowest BCUT2D eigenvalue weighted by atomic mass is 10.1. The predicted octanol–water partition coefficient (Wildman–Crippen LogP) is 0.697. The van der Waals surface area contributed by atoms with Gasteiger partial charge in [0.15, 0.2) is 0 Å². The van der Waals surface area contributed by atoms with Crippen LogP contribution < -0.4 is 11.5 Å². The van der Waals surface area contributed by atoms with Crippen molar-refractivity contribution in [3.8, 4) is 0 Å². The van der Waals surface area contributed by atoms with Crippen molar-refractivity contribution in [2.45, 2.75) is 6.17 Å². The van der Waals surface area contributed by atoms with E-state index in [9.17, 15) is 4.39 Å². The van der Waals surface area contributed by atoms with Crippen LogP contribution in [0.1, 0.15) is 11.7 Å². The third-order valence-electron chi connectivity index (χ3n) is 2.78. The van der Waals surface area contributed by atoms with E-state index >= 15 is 0 Å². The van der Waals surface area contributed by atoms with Crippen LogP contribution >= 0.6 is 0 Å². The van der Waals surface area contributed by atoms with Crippen molar-refractivity contribution in [2.24, 2.45) is 5.73 Å². The van der Waals surface area contributed by atoms with Crippen LogP contribution in [0.4, 0.5) is 10.1 Å². The summed E-state index contributed by atoms with van der Waals surface area (Å²) >= 11 is 0. The second-order valence-corrected chi connectivity index (χ2v) is 3.87. The number of hydrogen-bond donors (Lipinski definition) is 2. The summed E-state index contributed by atoms with van der Waals surface area (Å²) in [5.74, 6) is -0.348. The first kappa shape index (κ1) is 11.3. The minimum atomic E-state index is -0.426. The van der Waals surface area contributed by atoms with Gasteiger partial charge in [-0.2, -0.15) is 0 Å². The number of hydrogen-bond acceptors (Lipinski definition) is 4. The van der Waals surface area contributed by atoms with Gasteiger partial charge in [-0.05, 0) is 12.1 Å². The van der Waals surface area contributed by atoms with Crippen LogP contribution in [0.3, 0.4) is 0 Å². The van der Waals surface area contributed by atoms with E-state index < -0.39 is 6.17 Å². The van der Waals surface area contributed by atoms with Crippen molar-refractivity contribution < 1.29 is 9.13 Å². The van der Waals surface area contributed by atoms with E-state index in [1.54, 1.807) is 12.1 Å². The van der Waals surface area contributed by atoms with Gasteiger partial charge >= 0.3 is 0 Å². The van der Waals surface area contributed by atoms with Gasteiger partial charge < -0.3 is 16.2 Å². The molecule has 0 spiro atoms. The molecule has 4 N–H and O–H groups in total. The fourth-order valence-corrected chi connectivity index (χ4v) is 1.84. The number of nitrogen functional groups attached to an aromatic ring is 1. The van der Waals surface area contributed by atoms with Crippen molar-refractivity contribution in [1.82, 2.24) is 4.90 Å². The molecule has 1 aliphatic heterocycles. The summed E-state index contributed by atoms with van der Waals surface area (Å²) in [6.07, 6.45) is -0.426. The van der Waals surface area contributed by atoms with Crippen LogP contribution in [-0.2, 0) is 4.74 Å². The Balaban J connectivity index is 2.15. The largest absolute Gasteiger partial charge is 0.399 e. The van der Waals surface area contributed by atoms with Crippen molar-refractivity contribution in [3.63, 3.8) is 0 Å². The van der Waals surface area contributed by atoms with Gasteiger partial charge in [0.05, 0.1) is 19.4 Å². The molecule has 5 heteroatoms. The maximum atomic E-state index is 13.6. The molecule has 1 aliphatic rings. The summed E-state index contributed by atoms with van der Waals surface area (Å²) in [5.41, 5.74) is 12.4. The number of nitrogens with two attached hydrogens (primary N) is 2. The molecule has 88 valence electrons. The van der Waals surface area contributed by atoms with Crippen molar-refractivity contribution in [3.05, 3.63) is 29.6 Å². The highest BCUT2D eigenvalue weighted by atomic mass is 19.1. The van der Waals surface area contributed by atoms with Crippen molar-refractivity contribution in [1.29, 1.82) is 0 Å². The second kappa shape index (κ2) is 4.78. The Labute approximate surface area is 94.0 Å². The number of halogens is 1. The lowest BCUT2D eigenvalue weighted by molar-refractivity contribution is 0.0166. The van der Waals surface area contributed by atoms with Crippen LogP contribution in [0.25, 0.3) is 0 Å². The highest BCUT2D eigenvalue weighted by molar-refractivity contribution is 5.41. The Hall–Kier alpha value is -1.17. The molecule has 0 aliphatic carbocycles. The Morgan fingerprint density at radius 3 is 2.62 bits per heavy atom. The second-order valence-electron chi connectivity index (χ2n) is 3.87. The van der Waals surface area contributed by atoms with E-state index in [-0.39, 0.29) is 5.82 Å². The van der Waals surface area contributed by atoms with Gasteiger partial charge in [0, 0.05) is 24.3 Å². The highest BCUT2D eigenvalue weighted by Gasteiger charge is 2.21. The van der Waals surface area contributed by atoms with Crippen LogP contribution in [-0.4, -0.2) is 31.2 Å². The molecule has 1 atom stereocenters. The molecule has 0 bridgehead atoms. The zero-order valence-corrected chi connectivity index (χ0v) is 9.03. The predicted molar refractivity (Wildman–Crippen MR) is 60.1 cm³/mol. The van der Waals surface area contributed by atoms with E-state index in [1.165, 1.54) is 6.07 Å². The van der Waals surface area contributed by atoms with E-state index in [4.69, 9.17) is 16.2 Å². The minimum Gasteiger partial charge on any atom is -0.399 e. The van der Waals surface area contributed by atoms with Gasteiger partial charge in [0.25, 0.3) is 0 Å². The van der Waals surface area contributed by atoms with Crippen LogP contribution in [0.15, 0.2) is 18.2 Å². The summed E-state index contributed by atoms with van der Waals surface area (Å²) in [7, 11) is 0. The van der Waals surface area contributed by atoms with Gasteiger partial charge in [0.1, 0.15) is 5.82 Å². The first-order valence-corrected chi connectivity index (χ1v) is 5.31. The molecule has 0 saturated carbocycles. The van der Waals surface area contributed by atoms with Gasteiger partial charge in [-0.3, -0.25) is 4.90 Å². The molecule has 1 unspecified atom stereocenters. The van der Waals surface area contributed by atoms with Crippen LogP contribution in [0.5, 0.6) is 0 Å². The molecule has 16 heavy (non-hydrogen) atoms. The molecule has 1 fully saturated rings. The van der Waals surface area contributed by atoms with Crippen LogP contribution in [0.2, 0.25) is 0 Å². The first-order chi connectivity index (χ1) is 7.68. The zero-order chi connectivity index (χ0) is 11.5. The molecule has 1 saturated heterocycles. The van der Waals surface area contributed by atoms with E-state index in [1.807, 2.05) is 4.90 Å². The zero-order valence-electron chi connectivity index (χ0n) is 9.03. The van der Waals surface area contributed by atoms with Gasteiger partial charge in [-0.25, -0.2) is 4.39 Å². The summed E-state index contributed by atoms with van der Waals surface area (Å²) < 4.78 is 18.9. The lowest BCUT2D eigenvalue weighted by Crippen LogP contribution is -2.42. The smallest absolute Gasteiger partial charge is 0.131 e. The Bertz CT molecular complexity index is 366. The molecule has 0 aromatic heterocycles. The molecule has 0 radical (unpaired) electrons. The summed E-state index contributed by atoms with van der Waals surface area (Å²) in [4.78, 5) is 2.00. The monoisotopic (exact) mass is 225 g/mol. The average Bonchev–Trinajstić information content (AvgIpc) is 2.29. The summed E-state index contributed by atoms with van der Waals surface area (Å²) in [6, 6.07) is 4.61. The fraction of sp³-hybridized carbons (Fsp3) is 0.455. The molecule has 4 nitrogen and oxygen atoms in total. The minimum absolute atomic E-state index is 0.348. The summed E-state index contributed by atoms with van der Waals surface area (Å²) in [6.45, 7) is 2.74. The number of ether oxygens (including phenoxy) is 1. The Kier molecular flexibility index (Phi) is 3.38. The van der Waals surface area contributed by atoms with Crippen molar-refractivity contribution in [2.75, 3.05) is 32.0 Å². The van der Waals surface area contributed by atoms with Crippen LogP contribution in [0, 0.1) is 5.82 Å². The molecule has 2 rings (SSSR count). The molecule has 1 heterocycles. The Morgan fingerprint density at radius 2 is 2.00 bits per heavy atom. The molecule has 1 aromatic rings. The lowest BCUT2D eigenvalue weighted by Gasteiger charge is -2.32. The topological polar surface area (TPSA) is 64.5 Å². The normalized spacial score (nSPS) is 19.6. The van der Waals surface area contributed by atoms with Gasteiger partial charge in [-0.15, -0.1) is 0 Å². The maximum Gasteiger partial charge on any atom is 0.131 e. The van der Waals surface area contributed by atoms with E-state index in [0.717, 1.165) is 13.1 Å². The fourth-order valence-electron chi connectivity index (χ4n) is 1.84. The SMILES string of the molecule is Nc1ccc(C(N)N2CCOCC2)c(F)c1. The number of anilines is 1. The summed E-state index contributed by atoms with van der Waals surface area (Å²) in [5, 5.41) is 0. The highest BCUT2D eigenvalue weighted by Crippen LogP contribution is 2.21. The average molecular weight is 225 g/mol. The number of morpholine rings is 1. The van der Waals surface area contributed by atoms with Gasteiger partial charge in [-0.1, -0.05) is 6.07 Å². The number of benzene rings is 1. The molecule has 0 amide bonds. The van der Waals surface area contributed by atoms with Gasteiger partial charge in [0.2, 0.25) is 0 Å². The number of nitrogens with zero attached hydrogens (tertiary/aromatic N) is 1. The quantitative estimate of drug-likeness (QED) is 0.727. The number of rotatable bonds is 2. The van der Waals surface area contributed by atoms with E-state index in [0.29, 0.717) is 24.5 Å². The molecular formula is C11H16FN3O. The standard InChI is InChI=1S/C11H16FN3O/c12-10-7-8(13)1-2-9(10)11(14)15-3-5-16-6-4-15/h1-2,7,11H,3-6,13-14H2. The first-order valence-electron chi connectivity index (χ1n) is 5.31. The molecular weight excluding hydrogens is 209 g/mol. The van der Waals surface area contributed by atoms with Crippen molar-refractivity contribution >= 4 is 5.69 Å². The molecule has 1 aromatic carbocycles. The third kappa shape index (κ3) is 2.32. The Morgan fingerprint density at radius 1 is 1.31 bits per heavy atom. The maximum absolute atomic E-state index is 13.6.